The molecule has 0 aliphatic rings. The molecule has 4 nitrogen and oxygen atoms in total. The SMILES string of the molecule is CNc1nccc(C(=O)Nc2ccc(F)c(C)c2)c1F. The van der Waals surface area contributed by atoms with E-state index in [-0.39, 0.29) is 17.2 Å². The van der Waals surface area contributed by atoms with Gasteiger partial charge in [0.15, 0.2) is 11.6 Å². The summed E-state index contributed by atoms with van der Waals surface area (Å²) in [6.45, 7) is 1.58. The zero-order valence-electron chi connectivity index (χ0n) is 11.0. The fraction of sp³-hybridized carbons (Fsp3) is 0.143. The Morgan fingerprint density at radius 1 is 1.25 bits per heavy atom. The highest BCUT2D eigenvalue weighted by Gasteiger charge is 2.15. The van der Waals surface area contributed by atoms with Crippen LogP contribution in [0.15, 0.2) is 30.5 Å². The molecular formula is C14H13F2N3O. The topological polar surface area (TPSA) is 54.0 Å². The molecule has 1 aromatic heterocycles. The first-order valence-electron chi connectivity index (χ1n) is 5.92. The largest absolute Gasteiger partial charge is 0.371 e. The molecule has 0 unspecified atom stereocenters. The van der Waals surface area contributed by atoms with Gasteiger partial charge in [-0.15, -0.1) is 0 Å². The van der Waals surface area contributed by atoms with Gasteiger partial charge in [0, 0.05) is 18.9 Å². The Morgan fingerprint density at radius 2 is 2.00 bits per heavy atom. The number of amides is 1. The molecule has 0 fully saturated rings. The number of rotatable bonds is 3. The van der Waals surface area contributed by atoms with Gasteiger partial charge in [-0.1, -0.05) is 0 Å². The van der Waals surface area contributed by atoms with Gasteiger partial charge in [-0.25, -0.2) is 13.8 Å². The van der Waals surface area contributed by atoms with Crippen LogP contribution in [0, 0.1) is 18.6 Å². The number of aryl methyl sites for hydroxylation is 1. The number of halogens is 2. The van der Waals surface area contributed by atoms with E-state index < -0.39 is 11.7 Å². The molecule has 2 aromatic rings. The predicted molar refractivity (Wildman–Crippen MR) is 72.8 cm³/mol. The molecule has 0 radical (unpaired) electrons. The summed E-state index contributed by atoms with van der Waals surface area (Å²) in [6.07, 6.45) is 1.33. The number of carbonyl (C=O) groups is 1. The molecule has 0 saturated heterocycles. The van der Waals surface area contributed by atoms with Crippen LogP contribution in [0.3, 0.4) is 0 Å². The second kappa shape index (κ2) is 5.64. The summed E-state index contributed by atoms with van der Waals surface area (Å²) in [4.78, 5) is 15.8. The molecule has 0 aliphatic carbocycles. The van der Waals surface area contributed by atoms with Crippen LogP contribution < -0.4 is 10.6 Å². The first-order chi connectivity index (χ1) is 9.52. The Hall–Kier alpha value is -2.50. The van der Waals surface area contributed by atoms with E-state index in [4.69, 9.17) is 0 Å². The monoisotopic (exact) mass is 277 g/mol. The molecule has 104 valence electrons. The highest BCUT2D eigenvalue weighted by atomic mass is 19.1. The lowest BCUT2D eigenvalue weighted by atomic mass is 10.2. The van der Waals surface area contributed by atoms with Crippen molar-refractivity contribution in [3.63, 3.8) is 0 Å². The Kier molecular flexibility index (Phi) is 3.93. The molecule has 2 rings (SSSR count). The average molecular weight is 277 g/mol. The van der Waals surface area contributed by atoms with Gasteiger partial charge in [0.1, 0.15) is 5.82 Å². The first kappa shape index (κ1) is 13.9. The zero-order chi connectivity index (χ0) is 14.7. The van der Waals surface area contributed by atoms with Crippen LogP contribution in [-0.4, -0.2) is 17.9 Å². The van der Waals surface area contributed by atoms with E-state index in [1.807, 2.05) is 0 Å². The number of anilines is 2. The van der Waals surface area contributed by atoms with Crippen LogP contribution in [0.5, 0.6) is 0 Å². The number of nitrogens with zero attached hydrogens (tertiary/aromatic N) is 1. The van der Waals surface area contributed by atoms with Crippen LogP contribution >= 0.6 is 0 Å². The molecular weight excluding hydrogens is 264 g/mol. The second-order valence-corrected chi connectivity index (χ2v) is 4.19. The number of carbonyl (C=O) groups excluding carboxylic acids is 1. The lowest BCUT2D eigenvalue weighted by molar-refractivity contribution is 0.102. The molecule has 1 heterocycles. The van der Waals surface area contributed by atoms with Crippen molar-refractivity contribution in [2.45, 2.75) is 6.92 Å². The van der Waals surface area contributed by atoms with Gasteiger partial charge >= 0.3 is 0 Å². The summed E-state index contributed by atoms with van der Waals surface area (Å²) in [5, 5.41) is 5.07. The standard InChI is InChI=1S/C14H13F2N3O/c1-8-7-9(3-4-11(8)15)19-14(20)10-5-6-18-13(17-2)12(10)16/h3-7H,1-2H3,(H,17,18)(H,19,20). The van der Waals surface area contributed by atoms with E-state index in [9.17, 15) is 13.6 Å². The molecule has 20 heavy (non-hydrogen) atoms. The molecule has 0 bridgehead atoms. The fourth-order valence-electron chi connectivity index (χ4n) is 1.71. The van der Waals surface area contributed by atoms with Gasteiger partial charge in [0.05, 0.1) is 5.56 Å². The van der Waals surface area contributed by atoms with Crippen LogP contribution in [0.1, 0.15) is 15.9 Å². The number of hydrogen-bond acceptors (Lipinski definition) is 3. The minimum absolute atomic E-state index is 0.00654. The van der Waals surface area contributed by atoms with Crippen molar-refractivity contribution >= 4 is 17.4 Å². The Labute approximate surface area is 114 Å². The number of pyridine rings is 1. The van der Waals surface area contributed by atoms with Gasteiger partial charge in [0.2, 0.25) is 0 Å². The normalized spacial score (nSPS) is 10.2. The molecule has 0 saturated carbocycles. The minimum atomic E-state index is -0.730. The van der Waals surface area contributed by atoms with Gasteiger partial charge in [-0.05, 0) is 36.8 Å². The molecule has 6 heteroatoms. The third-order valence-electron chi connectivity index (χ3n) is 2.79. The molecule has 1 amide bonds. The van der Waals surface area contributed by atoms with Crippen molar-refractivity contribution in [2.24, 2.45) is 0 Å². The summed E-state index contributed by atoms with van der Waals surface area (Å²) in [5.41, 5.74) is 0.663. The number of benzene rings is 1. The van der Waals surface area contributed by atoms with Crippen molar-refractivity contribution in [1.82, 2.24) is 4.98 Å². The summed E-state index contributed by atoms with van der Waals surface area (Å²) < 4.78 is 27.1. The third kappa shape index (κ3) is 2.74. The van der Waals surface area contributed by atoms with Gasteiger partial charge in [-0.2, -0.15) is 0 Å². The van der Waals surface area contributed by atoms with E-state index in [1.54, 1.807) is 6.92 Å². The van der Waals surface area contributed by atoms with Gasteiger partial charge in [0.25, 0.3) is 5.91 Å². The Morgan fingerprint density at radius 3 is 2.65 bits per heavy atom. The van der Waals surface area contributed by atoms with Crippen LogP contribution in [0.4, 0.5) is 20.3 Å². The van der Waals surface area contributed by atoms with Crippen molar-refractivity contribution in [3.05, 3.63) is 53.2 Å². The molecule has 0 atom stereocenters. The predicted octanol–water partition coefficient (Wildman–Crippen LogP) is 2.96. The number of hydrogen-bond donors (Lipinski definition) is 2. The number of aromatic nitrogens is 1. The highest BCUT2D eigenvalue weighted by molar-refractivity contribution is 6.04. The van der Waals surface area contributed by atoms with E-state index in [2.05, 4.69) is 15.6 Å². The van der Waals surface area contributed by atoms with Crippen molar-refractivity contribution in [1.29, 1.82) is 0 Å². The molecule has 0 spiro atoms. The van der Waals surface area contributed by atoms with Crippen molar-refractivity contribution < 1.29 is 13.6 Å². The van der Waals surface area contributed by atoms with E-state index in [1.165, 1.54) is 37.5 Å². The van der Waals surface area contributed by atoms with E-state index >= 15 is 0 Å². The smallest absolute Gasteiger partial charge is 0.258 e. The van der Waals surface area contributed by atoms with Crippen LogP contribution in [-0.2, 0) is 0 Å². The summed E-state index contributed by atoms with van der Waals surface area (Å²) in [6, 6.07) is 5.42. The Bertz CT molecular complexity index is 659. The Balaban J connectivity index is 2.26. The van der Waals surface area contributed by atoms with Crippen LogP contribution in [0.2, 0.25) is 0 Å². The summed E-state index contributed by atoms with van der Waals surface area (Å²) in [7, 11) is 1.51. The summed E-state index contributed by atoms with van der Waals surface area (Å²) in [5.74, 6) is -1.72. The van der Waals surface area contributed by atoms with E-state index in [0.717, 1.165) is 0 Å². The van der Waals surface area contributed by atoms with Gasteiger partial charge < -0.3 is 10.6 Å². The van der Waals surface area contributed by atoms with Crippen molar-refractivity contribution in [3.8, 4) is 0 Å². The van der Waals surface area contributed by atoms with Gasteiger partial charge in [-0.3, -0.25) is 4.79 Å². The minimum Gasteiger partial charge on any atom is -0.371 e. The highest BCUT2D eigenvalue weighted by Crippen LogP contribution is 2.18. The van der Waals surface area contributed by atoms with Crippen molar-refractivity contribution in [2.75, 3.05) is 17.7 Å². The average Bonchev–Trinajstić information content (AvgIpc) is 2.43. The van der Waals surface area contributed by atoms with E-state index in [0.29, 0.717) is 11.3 Å². The maximum Gasteiger partial charge on any atom is 0.258 e. The maximum absolute atomic E-state index is 13.9. The zero-order valence-corrected chi connectivity index (χ0v) is 11.0. The number of nitrogens with one attached hydrogen (secondary N) is 2. The summed E-state index contributed by atoms with van der Waals surface area (Å²) >= 11 is 0. The fourth-order valence-corrected chi connectivity index (χ4v) is 1.71. The maximum atomic E-state index is 13.9. The molecule has 0 aliphatic heterocycles. The first-order valence-corrected chi connectivity index (χ1v) is 5.92. The lowest BCUT2D eigenvalue weighted by Gasteiger charge is -2.09. The third-order valence-corrected chi connectivity index (χ3v) is 2.79. The second-order valence-electron chi connectivity index (χ2n) is 4.19. The quantitative estimate of drug-likeness (QED) is 0.907. The lowest BCUT2D eigenvalue weighted by Crippen LogP contribution is -2.15. The van der Waals surface area contributed by atoms with Crippen LogP contribution in [0.25, 0.3) is 0 Å². The molecule has 2 N–H and O–H groups in total. The molecule has 1 aromatic carbocycles.